The van der Waals surface area contributed by atoms with Crippen LogP contribution in [-0.2, 0) is 0 Å². The van der Waals surface area contributed by atoms with Crippen LogP contribution in [0.3, 0.4) is 0 Å². The van der Waals surface area contributed by atoms with Gasteiger partial charge < -0.3 is 20.0 Å². The molecule has 26 heavy (non-hydrogen) atoms. The zero-order chi connectivity index (χ0) is 17.5. The molecule has 3 rings (SSSR count). The molecular formula is C19H34IN5S. The molecular weight excluding hydrogens is 457 g/mol. The minimum absolute atomic E-state index is 0. The third-order valence-electron chi connectivity index (χ3n) is 5.40. The van der Waals surface area contributed by atoms with Gasteiger partial charge in [0.05, 0.1) is 5.00 Å². The first kappa shape index (κ1) is 21.8. The van der Waals surface area contributed by atoms with E-state index in [1.807, 2.05) is 18.4 Å². The lowest BCUT2D eigenvalue weighted by Crippen LogP contribution is -2.53. The van der Waals surface area contributed by atoms with Gasteiger partial charge in [-0.3, -0.25) is 4.99 Å². The lowest BCUT2D eigenvalue weighted by atomic mass is 9.97. The molecule has 1 N–H and O–H groups in total. The number of halogens is 1. The molecule has 0 spiro atoms. The lowest BCUT2D eigenvalue weighted by molar-refractivity contribution is 0.184. The van der Waals surface area contributed by atoms with E-state index in [1.165, 1.54) is 43.9 Å². The Kier molecular flexibility index (Phi) is 9.49. The number of likely N-dealkylation sites (tertiary alicyclic amines) is 1. The normalized spacial score (nSPS) is 20.2. The zero-order valence-corrected chi connectivity index (χ0v) is 19.3. The number of nitrogens with zero attached hydrogens (tertiary/aromatic N) is 4. The Hall–Kier alpha value is -0.540. The Labute approximate surface area is 179 Å². The summed E-state index contributed by atoms with van der Waals surface area (Å²) >= 11 is 1.83. The van der Waals surface area contributed by atoms with Crippen molar-refractivity contribution in [2.75, 3.05) is 64.3 Å². The van der Waals surface area contributed by atoms with E-state index in [4.69, 9.17) is 0 Å². The molecule has 2 fully saturated rings. The van der Waals surface area contributed by atoms with Crippen LogP contribution in [0.25, 0.3) is 0 Å². The highest BCUT2D eigenvalue weighted by molar-refractivity contribution is 14.0. The molecule has 0 amide bonds. The summed E-state index contributed by atoms with van der Waals surface area (Å²) in [6.07, 6.45) is 3.90. The highest BCUT2D eigenvalue weighted by Crippen LogP contribution is 2.22. The fraction of sp³-hybridized carbons (Fsp3) is 0.737. The second kappa shape index (κ2) is 11.3. The van der Waals surface area contributed by atoms with E-state index < -0.39 is 0 Å². The van der Waals surface area contributed by atoms with Gasteiger partial charge in [-0.1, -0.05) is 6.92 Å². The van der Waals surface area contributed by atoms with E-state index >= 15 is 0 Å². The van der Waals surface area contributed by atoms with Gasteiger partial charge in [0, 0.05) is 39.8 Å². The van der Waals surface area contributed by atoms with Gasteiger partial charge in [0.1, 0.15) is 0 Å². The maximum atomic E-state index is 4.53. The van der Waals surface area contributed by atoms with Gasteiger partial charge in [0.15, 0.2) is 5.96 Å². The topological polar surface area (TPSA) is 34.1 Å². The molecule has 0 bridgehead atoms. The van der Waals surface area contributed by atoms with Crippen LogP contribution in [0.4, 0.5) is 5.00 Å². The second-order valence-corrected chi connectivity index (χ2v) is 8.06. The molecule has 2 aliphatic heterocycles. The maximum absolute atomic E-state index is 4.53. The highest BCUT2D eigenvalue weighted by Gasteiger charge is 2.22. The molecule has 148 valence electrons. The van der Waals surface area contributed by atoms with E-state index in [-0.39, 0.29) is 24.0 Å². The van der Waals surface area contributed by atoms with Crippen molar-refractivity contribution in [1.82, 2.24) is 15.1 Å². The summed E-state index contributed by atoms with van der Waals surface area (Å²) in [7, 11) is 1.91. The number of aliphatic imine (C=N–C) groups is 1. The number of hydrogen-bond donors (Lipinski definition) is 1. The monoisotopic (exact) mass is 491 g/mol. The summed E-state index contributed by atoms with van der Waals surface area (Å²) in [5.74, 6) is 1.87. The van der Waals surface area contributed by atoms with Gasteiger partial charge in [-0.15, -0.1) is 35.3 Å². The van der Waals surface area contributed by atoms with Crippen molar-refractivity contribution in [1.29, 1.82) is 0 Å². The van der Waals surface area contributed by atoms with Crippen LogP contribution < -0.4 is 10.2 Å². The summed E-state index contributed by atoms with van der Waals surface area (Å²) in [5.41, 5.74) is 0. The van der Waals surface area contributed by atoms with Crippen molar-refractivity contribution in [2.24, 2.45) is 10.9 Å². The summed E-state index contributed by atoms with van der Waals surface area (Å²) in [5, 5.41) is 7.20. The first-order valence-electron chi connectivity index (χ1n) is 9.76. The van der Waals surface area contributed by atoms with Crippen molar-refractivity contribution < 1.29 is 0 Å². The van der Waals surface area contributed by atoms with Crippen LogP contribution in [0, 0.1) is 5.92 Å². The molecule has 0 unspecified atom stereocenters. The lowest BCUT2D eigenvalue weighted by Gasteiger charge is -2.38. The first-order chi connectivity index (χ1) is 12.3. The predicted molar refractivity (Wildman–Crippen MR) is 124 cm³/mol. The van der Waals surface area contributed by atoms with Gasteiger partial charge >= 0.3 is 0 Å². The van der Waals surface area contributed by atoms with Crippen LogP contribution in [0.1, 0.15) is 26.2 Å². The van der Waals surface area contributed by atoms with E-state index in [2.05, 4.69) is 49.4 Å². The summed E-state index contributed by atoms with van der Waals surface area (Å²) < 4.78 is 0. The number of rotatable bonds is 5. The molecule has 5 nitrogen and oxygen atoms in total. The number of piperazine rings is 1. The molecule has 1 aromatic rings. The average molecular weight is 491 g/mol. The third-order valence-corrected chi connectivity index (χ3v) is 6.33. The highest BCUT2D eigenvalue weighted by atomic mass is 127. The van der Waals surface area contributed by atoms with E-state index in [9.17, 15) is 0 Å². The van der Waals surface area contributed by atoms with Gasteiger partial charge in [0.2, 0.25) is 0 Å². The summed E-state index contributed by atoms with van der Waals surface area (Å²) in [6.45, 7) is 11.4. The molecule has 0 atom stereocenters. The molecule has 2 aliphatic rings. The minimum atomic E-state index is 0. The smallest absolute Gasteiger partial charge is 0.193 e. The van der Waals surface area contributed by atoms with Crippen LogP contribution in [-0.4, -0.2) is 75.2 Å². The fourth-order valence-corrected chi connectivity index (χ4v) is 4.67. The zero-order valence-electron chi connectivity index (χ0n) is 16.2. The Balaban J connectivity index is 0.00000243. The van der Waals surface area contributed by atoms with E-state index in [0.29, 0.717) is 0 Å². The van der Waals surface area contributed by atoms with E-state index in [1.54, 1.807) is 0 Å². The van der Waals surface area contributed by atoms with Crippen LogP contribution in [0.5, 0.6) is 0 Å². The Morgan fingerprint density at radius 2 is 1.92 bits per heavy atom. The third kappa shape index (κ3) is 5.99. The fourth-order valence-electron chi connectivity index (χ4n) is 3.89. The predicted octanol–water partition coefficient (Wildman–Crippen LogP) is 3.19. The standard InChI is InChI=1S/C19H33N5S.HI/c1-3-8-22-9-6-17(7-10-22)16-21-19(20-2)24-13-11-23(12-14-24)18-5-4-15-25-18;/h4-5,15,17H,3,6-14,16H2,1-2H3,(H,20,21);1H. The number of thiophene rings is 1. The molecule has 7 heteroatoms. The quantitative estimate of drug-likeness (QED) is 0.390. The number of hydrogen-bond acceptors (Lipinski definition) is 4. The molecule has 3 heterocycles. The van der Waals surface area contributed by atoms with Gasteiger partial charge in [0.25, 0.3) is 0 Å². The van der Waals surface area contributed by atoms with Crippen LogP contribution in [0.2, 0.25) is 0 Å². The molecule has 0 radical (unpaired) electrons. The van der Waals surface area contributed by atoms with Gasteiger partial charge in [-0.05, 0) is 62.3 Å². The molecule has 0 saturated carbocycles. The number of nitrogens with one attached hydrogen (secondary N) is 1. The van der Waals surface area contributed by atoms with Crippen molar-refractivity contribution in [3.63, 3.8) is 0 Å². The molecule has 0 aliphatic carbocycles. The van der Waals surface area contributed by atoms with Crippen molar-refractivity contribution in [3.8, 4) is 0 Å². The summed E-state index contributed by atoms with van der Waals surface area (Å²) in [6, 6.07) is 4.36. The Morgan fingerprint density at radius 3 is 2.50 bits per heavy atom. The van der Waals surface area contributed by atoms with Crippen molar-refractivity contribution in [3.05, 3.63) is 17.5 Å². The van der Waals surface area contributed by atoms with E-state index in [0.717, 1.165) is 44.6 Å². The van der Waals surface area contributed by atoms with Gasteiger partial charge in [-0.2, -0.15) is 0 Å². The van der Waals surface area contributed by atoms with Crippen LogP contribution in [0.15, 0.2) is 22.5 Å². The molecule has 1 aromatic heterocycles. The van der Waals surface area contributed by atoms with Crippen molar-refractivity contribution >= 4 is 46.3 Å². The number of piperidine rings is 1. The second-order valence-electron chi connectivity index (χ2n) is 7.14. The summed E-state index contributed by atoms with van der Waals surface area (Å²) in [4.78, 5) is 12.0. The Morgan fingerprint density at radius 1 is 1.19 bits per heavy atom. The van der Waals surface area contributed by atoms with Gasteiger partial charge in [-0.25, -0.2) is 0 Å². The molecule has 0 aromatic carbocycles. The maximum Gasteiger partial charge on any atom is 0.193 e. The first-order valence-corrected chi connectivity index (χ1v) is 10.6. The largest absolute Gasteiger partial charge is 0.360 e. The minimum Gasteiger partial charge on any atom is -0.360 e. The van der Waals surface area contributed by atoms with Crippen molar-refractivity contribution in [2.45, 2.75) is 26.2 Å². The Bertz CT molecular complexity index is 520. The number of guanidine groups is 1. The SMILES string of the molecule is CCCN1CCC(CNC(=NC)N2CCN(c3cccs3)CC2)CC1.I. The average Bonchev–Trinajstić information content (AvgIpc) is 3.19. The number of anilines is 1. The van der Waals surface area contributed by atoms with Crippen LogP contribution >= 0.6 is 35.3 Å². The molecule has 2 saturated heterocycles.